The van der Waals surface area contributed by atoms with Crippen LogP contribution in [0.25, 0.3) is 0 Å². The third-order valence-electron chi connectivity index (χ3n) is 0.906. The molecule has 1 heterocycles. The van der Waals surface area contributed by atoms with Crippen molar-refractivity contribution in [3.05, 3.63) is 5.82 Å². The van der Waals surface area contributed by atoms with E-state index in [0.29, 0.717) is 0 Å². The monoisotopic (exact) mass is 151 g/mol. The average Bonchev–Trinajstić information content (AvgIpc) is 2.37. The number of nitrogens with zero attached hydrogens (tertiary/aromatic N) is 4. The minimum Gasteiger partial charge on any atom is -0.363 e. The van der Waals surface area contributed by atoms with Crippen LogP contribution in [0, 0.1) is 12.3 Å². The van der Waals surface area contributed by atoms with E-state index in [2.05, 4.69) is 21.3 Å². The van der Waals surface area contributed by atoms with E-state index >= 15 is 0 Å². The highest BCUT2D eigenvalue weighted by atomic mass is 16.1. The number of terminal acetylenes is 1. The van der Waals surface area contributed by atoms with Gasteiger partial charge in [0, 0.05) is 0 Å². The maximum atomic E-state index is 10.4. The molecule has 1 aromatic rings. The zero-order valence-corrected chi connectivity index (χ0v) is 5.56. The Morgan fingerprint density at radius 3 is 3.00 bits per heavy atom. The maximum Gasteiger partial charge on any atom is 0.290 e. The minimum absolute atomic E-state index is 0.125. The standard InChI is InChI=1S/C5H5N5O/c1-2-3-10-8-5(4(6)11)7-9-10/h1H,3H2,(H2,6,11). The molecule has 0 fully saturated rings. The first kappa shape index (κ1) is 7.21. The van der Waals surface area contributed by atoms with E-state index in [0.717, 1.165) is 4.80 Å². The second-order valence-electron chi connectivity index (χ2n) is 1.71. The fourth-order valence-corrected chi connectivity index (χ4v) is 0.491. The van der Waals surface area contributed by atoms with E-state index in [1.165, 1.54) is 0 Å². The van der Waals surface area contributed by atoms with Gasteiger partial charge in [-0.25, -0.2) is 0 Å². The lowest BCUT2D eigenvalue weighted by molar-refractivity contribution is 0.0990. The number of hydrogen-bond donors (Lipinski definition) is 1. The molecule has 6 nitrogen and oxygen atoms in total. The molecule has 1 aromatic heterocycles. The summed E-state index contributed by atoms with van der Waals surface area (Å²) in [6, 6.07) is 0. The van der Waals surface area contributed by atoms with E-state index in [1.54, 1.807) is 0 Å². The van der Waals surface area contributed by atoms with E-state index in [1.807, 2.05) is 0 Å². The first-order valence-electron chi connectivity index (χ1n) is 2.75. The molecule has 0 saturated carbocycles. The SMILES string of the molecule is C#CCn1nnc(C(N)=O)n1. The van der Waals surface area contributed by atoms with Crippen LogP contribution in [0.5, 0.6) is 0 Å². The van der Waals surface area contributed by atoms with E-state index in [4.69, 9.17) is 12.2 Å². The molecular formula is C5H5N5O. The van der Waals surface area contributed by atoms with Gasteiger partial charge >= 0.3 is 0 Å². The summed E-state index contributed by atoms with van der Waals surface area (Å²) in [5.41, 5.74) is 4.85. The third kappa shape index (κ3) is 1.52. The molecule has 0 aromatic carbocycles. The van der Waals surface area contributed by atoms with Crippen LogP contribution in [-0.2, 0) is 6.54 Å². The molecule has 0 bridgehead atoms. The lowest BCUT2D eigenvalue weighted by Crippen LogP contribution is -2.13. The largest absolute Gasteiger partial charge is 0.363 e. The molecular weight excluding hydrogens is 146 g/mol. The summed E-state index contributed by atoms with van der Waals surface area (Å²) in [5.74, 6) is 1.44. The quantitative estimate of drug-likeness (QED) is 0.516. The van der Waals surface area contributed by atoms with Crippen molar-refractivity contribution in [2.75, 3.05) is 0 Å². The van der Waals surface area contributed by atoms with Crippen molar-refractivity contribution in [1.82, 2.24) is 20.2 Å². The first-order valence-corrected chi connectivity index (χ1v) is 2.75. The average molecular weight is 151 g/mol. The summed E-state index contributed by atoms with van der Waals surface area (Å²) in [6.07, 6.45) is 4.95. The van der Waals surface area contributed by atoms with E-state index < -0.39 is 5.91 Å². The van der Waals surface area contributed by atoms with Crippen LogP contribution in [0.1, 0.15) is 10.6 Å². The molecule has 11 heavy (non-hydrogen) atoms. The molecule has 6 heteroatoms. The molecule has 0 atom stereocenters. The van der Waals surface area contributed by atoms with Crippen LogP contribution < -0.4 is 5.73 Å². The second-order valence-corrected chi connectivity index (χ2v) is 1.71. The van der Waals surface area contributed by atoms with Crippen molar-refractivity contribution in [1.29, 1.82) is 0 Å². The van der Waals surface area contributed by atoms with Crippen LogP contribution in [0.2, 0.25) is 0 Å². The summed E-state index contributed by atoms with van der Waals surface area (Å²) in [6.45, 7) is 0.181. The lowest BCUT2D eigenvalue weighted by atomic mass is 10.6. The Hall–Kier alpha value is -1.90. The second kappa shape index (κ2) is 2.79. The zero-order valence-electron chi connectivity index (χ0n) is 5.56. The van der Waals surface area contributed by atoms with Gasteiger partial charge in [0.05, 0.1) is 0 Å². The Balaban J connectivity index is 2.83. The molecule has 1 rings (SSSR count). The van der Waals surface area contributed by atoms with Crippen molar-refractivity contribution >= 4 is 5.91 Å². The topological polar surface area (TPSA) is 86.7 Å². The molecule has 0 aliphatic heterocycles. The van der Waals surface area contributed by atoms with Crippen LogP contribution in [-0.4, -0.2) is 26.1 Å². The predicted molar refractivity (Wildman–Crippen MR) is 35.2 cm³/mol. The number of primary amides is 1. The number of carbonyl (C=O) groups excluding carboxylic acids is 1. The van der Waals surface area contributed by atoms with Gasteiger partial charge in [-0.05, 0) is 5.21 Å². The van der Waals surface area contributed by atoms with Crippen molar-refractivity contribution in [3.63, 3.8) is 0 Å². The van der Waals surface area contributed by atoms with E-state index in [9.17, 15) is 4.79 Å². The molecule has 0 unspecified atom stereocenters. The number of rotatable bonds is 2. The fraction of sp³-hybridized carbons (Fsp3) is 0.200. The number of tetrazole rings is 1. The smallest absolute Gasteiger partial charge is 0.290 e. The van der Waals surface area contributed by atoms with Crippen molar-refractivity contribution < 1.29 is 4.79 Å². The third-order valence-corrected chi connectivity index (χ3v) is 0.906. The summed E-state index contributed by atoms with van der Waals surface area (Å²) < 4.78 is 0. The van der Waals surface area contributed by atoms with Gasteiger partial charge in [0.15, 0.2) is 0 Å². The molecule has 0 aliphatic rings. The molecule has 0 spiro atoms. The van der Waals surface area contributed by atoms with E-state index in [-0.39, 0.29) is 12.4 Å². The molecule has 2 N–H and O–H groups in total. The number of nitrogens with two attached hydrogens (primary N) is 1. The fourth-order valence-electron chi connectivity index (χ4n) is 0.491. The van der Waals surface area contributed by atoms with Crippen molar-refractivity contribution in [2.24, 2.45) is 5.73 Å². The highest BCUT2D eigenvalue weighted by Crippen LogP contribution is 1.82. The Morgan fingerprint density at radius 2 is 2.55 bits per heavy atom. The summed E-state index contributed by atoms with van der Waals surface area (Å²) in [4.78, 5) is 11.5. The van der Waals surface area contributed by atoms with Gasteiger partial charge in [-0.3, -0.25) is 4.79 Å². The summed E-state index contributed by atoms with van der Waals surface area (Å²) in [5, 5.41) is 10.4. The lowest BCUT2D eigenvalue weighted by Gasteiger charge is -1.84. The summed E-state index contributed by atoms with van der Waals surface area (Å²) in [7, 11) is 0. The highest BCUT2D eigenvalue weighted by Gasteiger charge is 2.06. The number of hydrogen-bond acceptors (Lipinski definition) is 4. The van der Waals surface area contributed by atoms with Gasteiger partial charge in [0.25, 0.3) is 11.7 Å². The Labute approximate surface area is 62.4 Å². The molecule has 0 saturated heterocycles. The Bertz CT molecular complexity index is 309. The van der Waals surface area contributed by atoms with Crippen molar-refractivity contribution in [2.45, 2.75) is 6.54 Å². The number of aromatic nitrogens is 4. The van der Waals surface area contributed by atoms with Gasteiger partial charge in [0.1, 0.15) is 6.54 Å². The van der Waals surface area contributed by atoms with Gasteiger partial charge in [0.2, 0.25) is 0 Å². The normalized spacial score (nSPS) is 9.00. The summed E-state index contributed by atoms with van der Waals surface area (Å²) >= 11 is 0. The van der Waals surface area contributed by atoms with Gasteiger partial charge in [-0.1, -0.05) is 5.92 Å². The van der Waals surface area contributed by atoms with Crippen LogP contribution in [0.3, 0.4) is 0 Å². The Kier molecular flexibility index (Phi) is 1.83. The van der Waals surface area contributed by atoms with Crippen molar-refractivity contribution in [3.8, 4) is 12.3 Å². The molecule has 1 amide bonds. The minimum atomic E-state index is -0.715. The zero-order chi connectivity index (χ0) is 8.27. The van der Waals surface area contributed by atoms with Crippen LogP contribution in [0.15, 0.2) is 0 Å². The molecule has 0 aliphatic carbocycles. The van der Waals surface area contributed by atoms with Crippen LogP contribution in [0.4, 0.5) is 0 Å². The molecule has 0 radical (unpaired) electrons. The number of amides is 1. The first-order chi connectivity index (χ1) is 5.24. The highest BCUT2D eigenvalue weighted by molar-refractivity contribution is 5.88. The predicted octanol–water partition coefficient (Wildman–Crippen LogP) is -1.59. The van der Waals surface area contributed by atoms with Gasteiger partial charge in [-0.15, -0.1) is 16.6 Å². The van der Waals surface area contributed by atoms with Gasteiger partial charge in [-0.2, -0.15) is 4.80 Å². The van der Waals surface area contributed by atoms with Gasteiger partial charge < -0.3 is 5.73 Å². The maximum absolute atomic E-state index is 10.4. The Morgan fingerprint density at radius 1 is 1.82 bits per heavy atom. The molecule has 56 valence electrons. The number of carbonyl (C=O) groups is 1. The van der Waals surface area contributed by atoms with Crippen LogP contribution >= 0.6 is 0 Å².